The van der Waals surface area contributed by atoms with E-state index in [1.54, 1.807) is 30.1 Å². The molecule has 1 amide bonds. The van der Waals surface area contributed by atoms with Gasteiger partial charge >= 0.3 is 12.1 Å². The van der Waals surface area contributed by atoms with Gasteiger partial charge in [-0.15, -0.1) is 11.3 Å². The Morgan fingerprint density at radius 1 is 0.796 bits per heavy atom. The van der Waals surface area contributed by atoms with Crippen molar-refractivity contribution in [2.75, 3.05) is 38.1 Å². The number of para-hydroxylation sites is 2. The van der Waals surface area contributed by atoms with Gasteiger partial charge in [0.1, 0.15) is 10.5 Å². The minimum absolute atomic E-state index is 0.320. The standard InChI is InChI=1S/C40H62N4O4S/c1-6-7-8-9-10-11-12-13-14-15-16-17-18-19-20-21-26-36(45)47-40(3,4)48-39(46)44-35-25-23-22-24-34(35)41-37-33(31-32(2)49-37)38(44)43-29-27-42(5)28-30-43/h22-25,31H,6-21,26-30H2,1-5H3. The molecular formula is C40H62N4O4S. The third-order valence-electron chi connectivity index (χ3n) is 9.55. The number of nitrogens with zero attached hydrogens (tertiary/aromatic N) is 4. The fourth-order valence-corrected chi connectivity index (χ4v) is 7.66. The number of benzene rings is 1. The number of thiophene rings is 1. The van der Waals surface area contributed by atoms with Crippen molar-refractivity contribution in [3.63, 3.8) is 0 Å². The van der Waals surface area contributed by atoms with Gasteiger partial charge in [-0.05, 0) is 38.6 Å². The summed E-state index contributed by atoms with van der Waals surface area (Å²) in [5.74, 6) is -1.00. The number of carbonyl (C=O) groups excluding carboxylic acids is 2. The lowest BCUT2D eigenvalue weighted by Crippen LogP contribution is -2.52. The average molecular weight is 695 g/mol. The van der Waals surface area contributed by atoms with E-state index in [-0.39, 0.29) is 5.97 Å². The van der Waals surface area contributed by atoms with Crippen LogP contribution in [-0.2, 0) is 14.3 Å². The van der Waals surface area contributed by atoms with Gasteiger partial charge in [0.05, 0.1) is 16.6 Å². The second-order valence-corrected chi connectivity index (χ2v) is 15.7. The molecule has 1 aromatic heterocycles. The number of hydrogen-bond acceptors (Lipinski definition) is 8. The topological polar surface area (TPSA) is 74.7 Å². The Hall–Kier alpha value is -2.91. The lowest BCUT2D eigenvalue weighted by Gasteiger charge is -2.39. The highest BCUT2D eigenvalue weighted by Gasteiger charge is 2.36. The van der Waals surface area contributed by atoms with Gasteiger partial charge < -0.3 is 19.3 Å². The minimum Gasteiger partial charge on any atom is -0.423 e. The number of hydrogen-bond donors (Lipinski definition) is 0. The summed E-state index contributed by atoms with van der Waals surface area (Å²) < 4.78 is 12.6. The lowest BCUT2D eigenvalue weighted by molar-refractivity contribution is -0.193. The average Bonchev–Trinajstić information content (AvgIpc) is 3.36. The molecule has 9 heteroatoms. The zero-order valence-electron chi connectivity index (χ0n) is 31.1. The molecule has 0 bridgehead atoms. The number of rotatable bonds is 20. The molecule has 0 saturated carbocycles. The van der Waals surface area contributed by atoms with Gasteiger partial charge in [0, 0.05) is 51.3 Å². The molecule has 0 N–H and O–H groups in total. The van der Waals surface area contributed by atoms with Gasteiger partial charge in [-0.2, -0.15) is 0 Å². The third kappa shape index (κ3) is 12.4. The molecule has 8 nitrogen and oxygen atoms in total. The number of piperazine rings is 1. The Balaban J connectivity index is 1.23. The third-order valence-corrected chi connectivity index (χ3v) is 10.5. The van der Waals surface area contributed by atoms with Gasteiger partial charge in [-0.3, -0.25) is 4.79 Å². The quantitative estimate of drug-likeness (QED) is 0.0782. The predicted molar refractivity (Wildman–Crippen MR) is 202 cm³/mol. The highest BCUT2D eigenvalue weighted by atomic mass is 32.1. The zero-order chi connectivity index (χ0) is 35.1. The van der Waals surface area contributed by atoms with Crippen molar-refractivity contribution < 1.29 is 19.1 Å². The summed E-state index contributed by atoms with van der Waals surface area (Å²) in [5.41, 5.74) is 1.35. The van der Waals surface area contributed by atoms with Crippen LogP contribution >= 0.6 is 11.3 Å². The first-order valence-corrected chi connectivity index (χ1v) is 20.0. The van der Waals surface area contributed by atoms with Gasteiger partial charge in [-0.25, -0.2) is 14.7 Å². The number of ether oxygens (including phenoxy) is 2. The fraction of sp³-hybridized carbons (Fsp3) is 0.675. The molecule has 49 heavy (non-hydrogen) atoms. The molecule has 0 aliphatic carbocycles. The summed E-state index contributed by atoms with van der Waals surface area (Å²) in [6.45, 7) is 10.9. The van der Waals surface area contributed by atoms with E-state index in [0.29, 0.717) is 17.8 Å². The van der Waals surface area contributed by atoms with Gasteiger partial charge in [0.2, 0.25) is 0 Å². The van der Waals surface area contributed by atoms with E-state index < -0.39 is 11.9 Å². The van der Waals surface area contributed by atoms with Crippen LogP contribution in [0.1, 0.15) is 135 Å². The number of esters is 1. The molecule has 2 aliphatic rings. The molecule has 2 aromatic rings. The van der Waals surface area contributed by atoms with Crippen LogP contribution < -0.4 is 14.8 Å². The van der Waals surface area contributed by atoms with Crippen LogP contribution in [0.25, 0.3) is 5.82 Å². The molecule has 0 unspecified atom stereocenters. The number of anilines is 1. The summed E-state index contributed by atoms with van der Waals surface area (Å²) in [6.07, 6.45) is 20.3. The first-order chi connectivity index (χ1) is 23.7. The van der Waals surface area contributed by atoms with Crippen molar-refractivity contribution >= 4 is 40.6 Å². The number of unbranched alkanes of at least 4 members (excludes halogenated alkanes) is 15. The highest BCUT2D eigenvalue weighted by Crippen LogP contribution is 2.35. The SMILES string of the molecule is CCCCCCCCCCCCCCCCCCC(=O)OC(C)(C)OC(=O)N1C(N2CCN(C)CC2)=c2cc(C)sc2=Nc2ccccc21. The second kappa shape index (κ2) is 20.1. The minimum atomic E-state index is -1.43. The molecule has 2 aliphatic heterocycles. The first kappa shape index (κ1) is 38.9. The maximum Gasteiger partial charge on any atom is 0.423 e. The Morgan fingerprint density at radius 3 is 1.94 bits per heavy atom. The lowest BCUT2D eigenvalue weighted by atomic mass is 10.0. The van der Waals surface area contributed by atoms with E-state index >= 15 is 0 Å². The van der Waals surface area contributed by atoms with Crippen LogP contribution in [0.15, 0.2) is 35.3 Å². The van der Waals surface area contributed by atoms with Crippen molar-refractivity contribution in [2.45, 2.75) is 143 Å². The summed E-state index contributed by atoms with van der Waals surface area (Å²) in [5, 5.41) is 0.915. The molecule has 1 saturated heterocycles. The number of fused-ring (bicyclic) bond motifs is 2. The van der Waals surface area contributed by atoms with E-state index in [0.717, 1.165) is 66.0 Å². The van der Waals surface area contributed by atoms with Crippen molar-refractivity contribution in [3.05, 3.63) is 45.1 Å². The van der Waals surface area contributed by atoms with E-state index in [9.17, 15) is 9.59 Å². The largest absolute Gasteiger partial charge is 0.423 e. The Bertz CT molecular complexity index is 1450. The molecule has 1 fully saturated rings. The van der Waals surface area contributed by atoms with Crippen molar-refractivity contribution in [1.29, 1.82) is 0 Å². The summed E-state index contributed by atoms with van der Waals surface area (Å²) in [6, 6.07) is 9.76. The molecule has 3 heterocycles. The highest BCUT2D eigenvalue weighted by molar-refractivity contribution is 7.09. The van der Waals surface area contributed by atoms with Gasteiger partial charge in [-0.1, -0.05) is 115 Å². The predicted octanol–water partition coefficient (Wildman–Crippen LogP) is 9.21. The summed E-state index contributed by atoms with van der Waals surface area (Å²) in [7, 11) is 2.11. The number of aryl methyl sites for hydroxylation is 1. The monoisotopic (exact) mass is 694 g/mol. The molecule has 272 valence electrons. The molecule has 0 spiro atoms. The smallest absolute Gasteiger partial charge is 0.423 e. The van der Waals surface area contributed by atoms with Gasteiger partial charge in [0.25, 0.3) is 5.79 Å². The normalized spacial score (nSPS) is 15.0. The Kier molecular flexibility index (Phi) is 15.9. The number of carbonyl (C=O) groups is 2. The van der Waals surface area contributed by atoms with Crippen LogP contribution in [0, 0.1) is 6.92 Å². The van der Waals surface area contributed by atoms with E-state index in [4.69, 9.17) is 14.5 Å². The molecule has 0 radical (unpaired) electrons. The van der Waals surface area contributed by atoms with Crippen LogP contribution in [0.3, 0.4) is 0 Å². The fourth-order valence-electron chi connectivity index (χ4n) is 6.77. The molecule has 1 aromatic carbocycles. The van der Waals surface area contributed by atoms with E-state index in [1.165, 1.54) is 83.5 Å². The number of likely N-dealkylation sites (N-methyl/N-ethyl adjacent to an activating group) is 1. The van der Waals surface area contributed by atoms with Crippen molar-refractivity contribution in [2.24, 2.45) is 4.99 Å². The van der Waals surface area contributed by atoms with Crippen LogP contribution in [0.5, 0.6) is 0 Å². The van der Waals surface area contributed by atoms with E-state index in [2.05, 4.69) is 36.8 Å². The maximum atomic E-state index is 14.2. The van der Waals surface area contributed by atoms with E-state index in [1.807, 2.05) is 24.3 Å². The summed E-state index contributed by atoms with van der Waals surface area (Å²) in [4.78, 5) is 39.3. The Labute approximate surface area is 299 Å². The Morgan fingerprint density at radius 2 is 1.35 bits per heavy atom. The first-order valence-electron chi connectivity index (χ1n) is 19.2. The van der Waals surface area contributed by atoms with Crippen molar-refractivity contribution in [1.82, 2.24) is 9.80 Å². The van der Waals surface area contributed by atoms with Gasteiger partial charge in [0.15, 0.2) is 0 Å². The van der Waals surface area contributed by atoms with Crippen LogP contribution in [0.2, 0.25) is 0 Å². The molecule has 4 rings (SSSR count). The van der Waals surface area contributed by atoms with Crippen molar-refractivity contribution in [3.8, 4) is 0 Å². The van der Waals surface area contributed by atoms with Crippen LogP contribution in [0.4, 0.5) is 16.2 Å². The molecular weight excluding hydrogens is 633 g/mol. The number of amides is 1. The molecule has 0 atom stereocenters. The zero-order valence-corrected chi connectivity index (χ0v) is 31.9. The van der Waals surface area contributed by atoms with Crippen LogP contribution in [-0.4, -0.2) is 60.9 Å². The summed E-state index contributed by atoms with van der Waals surface area (Å²) >= 11 is 1.62. The second-order valence-electron chi connectivity index (χ2n) is 14.4. The maximum absolute atomic E-state index is 14.2.